The first-order valence-corrected chi connectivity index (χ1v) is 8.88. The van der Waals surface area contributed by atoms with Crippen molar-refractivity contribution in [1.29, 1.82) is 0 Å². The highest BCUT2D eigenvalue weighted by molar-refractivity contribution is 9.11. The maximum Gasteiger partial charge on any atom is 0.270 e. The molecule has 0 saturated heterocycles. The Morgan fingerprint density at radius 1 is 1.38 bits per heavy atom. The number of amides is 1. The number of rotatable bonds is 8. The van der Waals surface area contributed by atoms with Crippen molar-refractivity contribution >= 4 is 44.5 Å². The fourth-order valence-corrected chi connectivity index (χ4v) is 3.83. The fraction of sp³-hybridized carbons (Fsp3) is 0.385. The maximum atomic E-state index is 12.0. The van der Waals surface area contributed by atoms with E-state index in [1.165, 1.54) is 11.3 Å². The summed E-state index contributed by atoms with van der Waals surface area (Å²) in [7, 11) is 1.66. The minimum atomic E-state index is -0.137. The van der Waals surface area contributed by atoms with Crippen molar-refractivity contribution < 1.29 is 9.53 Å². The van der Waals surface area contributed by atoms with Crippen molar-refractivity contribution in [3.8, 4) is 9.88 Å². The van der Waals surface area contributed by atoms with Crippen LogP contribution in [0.4, 0.5) is 0 Å². The van der Waals surface area contributed by atoms with Gasteiger partial charge in [0.2, 0.25) is 0 Å². The highest BCUT2D eigenvalue weighted by atomic mass is 79.9. The summed E-state index contributed by atoms with van der Waals surface area (Å²) in [5.74, 6) is -0.137. The van der Waals surface area contributed by atoms with Crippen LogP contribution in [-0.4, -0.2) is 44.2 Å². The monoisotopic (exact) mass is 389 g/mol. The zero-order valence-electron chi connectivity index (χ0n) is 11.5. The molecule has 21 heavy (non-hydrogen) atoms. The number of nitrogens with one attached hydrogen (secondary N) is 2. The van der Waals surface area contributed by atoms with Gasteiger partial charge < -0.3 is 15.4 Å². The third kappa shape index (κ3) is 5.15. The van der Waals surface area contributed by atoms with Gasteiger partial charge in [-0.3, -0.25) is 4.79 Å². The third-order valence-corrected chi connectivity index (χ3v) is 5.23. The number of nitrogens with zero attached hydrogens (tertiary/aromatic N) is 1. The van der Waals surface area contributed by atoms with Gasteiger partial charge in [-0.1, -0.05) is 0 Å². The summed E-state index contributed by atoms with van der Waals surface area (Å²) in [6.07, 6.45) is 0. The first-order chi connectivity index (χ1) is 10.2. The molecule has 2 heterocycles. The van der Waals surface area contributed by atoms with Crippen LogP contribution < -0.4 is 10.6 Å². The lowest BCUT2D eigenvalue weighted by Crippen LogP contribution is -2.33. The van der Waals surface area contributed by atoms with Gasteiger partial charge in [-0.2, -0.15) is 0 Å². The molecule has 5 nitrogen and oxygen atoms in total. The van der Waals surface area contributed by atoms with E-state index in [-0.39, 0.29) is 5.91 Å². The molecule has 2 aromatic rings. The van der Waals surface area contributed by atoms with Crippen molar-refractivity contribution in [1.82, 2.24) is 15.6 Å². The highest BCUT2D eigenvalue weighted by Crippen LogP contribution is 2.33. The Morgan fingerprint density at radius 2 is 2.24 bits per heavy atom. The Bertz CT molecular complexity index is 585. The van der Waals surface area contributed by atoms with Gasteiger partial charge in [-0.05, 0) is 28.1 Å². The second-order valence-electron chi connectivity index (χ2n) is 4.14. The number of aromatic nitrogens is 1. The van der Waals surface area contributed by atoms with Gasteiger partial charge in [0.15, 0.2) is 0 Å². The van der Waals surface area contributed by atoms with E-state index in [4.69, 9.17) is 4.74 Å². The van der Waals surface area contributed by atoms with Gasteiger partial charge in [-0.25, -0.2) is 4.98 Å². The van der Waals surface area contributed by atoms with E-state index in [0.717, 1.165) is 20.2 Å². The molecule has 8 heteroatoms. The van der Waals surface area contributed by atoms with Crippen LogP contribution in [-0.2, 0) is 4.74 Å². The second-order valence-corrected chi connectivity index (χ2v) is 7.46. The van der Waals surface area contributed by atoms with Crippen LogP contribution >= 0.6 is 38.6 Å². The molecule has 114 valence electrons. The third-order valence-electron chi connectivity index (χ3n) is 2.59. The minimum Gasteiger partial charge on any atom is -0.383 e. The van der Waals surface area contributed by atoms with E-state index in [2.05, 4.69) is 31.5 Å². The smallest absolute Gasteiger partial charge is 0.270 e. The van der Waals surface area contributed by atoms with Crippen LogP contribution in [0, 0.1) is 0 Å². The minimum absolute atomic E-state index is 0.137. The van der Waals surface area contributed by atoms with Crippen LogP contribution in [0.15, 0.2) is 21.3 Å². The molecule has 2 aromatic heterocycles. The van der Waals surface area contributed by atoms with Crippen molar-refractivity contribution in [2.24, 2.45) is 0 Å². The van der Waals surface area contributed by atoms with Crippen LogP contribution in [0.2, 0.25) is 0 Å². The molecular weight excluding hydrogens is 374 g/mol. The van der Waals surface area contributed by atoms with E-state index in [1.807, 2.05) is 12.1 Å². The topological polar surface area (TPSA) is 63.2 Å². The summed E-state index contributed by atoms with van der Waals surface area (Å²) in [5, 5.41) is 8.67. The largest absolute Gasteiger partial charge is 0.383 e. The number of carbonyl (C=O) groups is 1. The van der Waals surface area contributed by atoms with Gasteiger partial charge in [-0.15, -0.1) is 22.7 Å². The van der Waals surface area contributed by atoms with E-state index >= 15 is 0 Å². The summed E-state index contributed by atoms with van der Waals surface area (Å²) >= 11 is 6.51. The molecule has 0 bridgehead atoms. The molecular formula is C13H16BrN3O2S2. The van der Waals surface area contributed by atoms with Crippen LogP contribution in [0.3, 0.4) is 0 Å². The summed E-state index contributed by atoms with van der Waals surface area (Å²) in [6, 6.07) is 3.97. The molecule has 0 aliphatic rings. The zero-order valence-corrected chi connectivity index (χ0v) is 14.7. The standard InChI is InChI=1S/C13H16BrN3O2S2/c1-19-7-6-15-4-5-16-12(18)9-8-20-13(17-9)10-2-3-11(14)21-10/h2-3,8,15H,4-7H2,1H3,(H,16,18). The fourth-order valence-electron chi connectivity index (χ4n) is 1.57. The van der Waals surface area contributed by atoms with E-state index in [9.17, 15) is 4.79 Å². The van der Waals surface area contributed by atoms with Gasteiger partial charge in [0.25, 0.3) is 5.91 Å². The molecule has 0 fully saturated rings. The molecule has 0 aliphatic heterocycles. The molecule has 2 N–H and O–H groups in total. The van der Waals surface area contributed by atoms with Crippen LogP contribution in [0.1, 0.15) is 10.5 Å². The number of methoxy groups -OCH3 is 1. The lowest BCUT2D eigenvalue weighted by atomic mass is 10.4. The molecule has 1 amide bonds. The predicted molar refractivity (Wildman–Crippen MR) is 90.2 cm³/mol. The van der Waals surface area contributed by atoms with Gasteiger partial charge >= 0.3 is 0 Å². The first-order valence-electron chi connectivity index (χ1n) is 6.40. The molecule has 0 aliphatic carbocycles. The van der Waals surface area contributed by atoms with Crippen molar-refractivity contribution in [2.45, 2.75) is 0 Å². The summed E-state index contributed by atoms with van der Waals surface area (Å²) < 4.78 is 5.98. The Hall–Kier alpha value is -0.800. The maximum absolute atomic E-state index is 12.0. The Kier molecular flexibility index (Phi) is 6.78. The van der Waals surface area contributed by atoms with Gasteiger partial charge in [0, 0.05) is 32.1 Å². The highest BCUT2D eigenvalue weighted by Gasteiger charge is 2.12. The Labute approximate surface area is 139 Å². The number of hydrogen-bond donors (Lipinski definition) is 2. The summed E-state index contributed by atoms with van der Waals surface area (Å²) in [4.78, 5) is 17.4. The summed E-state index contributed by atoms with van der Waals surface area (Å²) in [6.45, 7) is 2.73. The van der Waals surface area contributed by atoms with Crippen LogP contribution in [0.5, 0.6) is 0 Å². The molecule has 0 unspecified atom stereocenters. The van der Waals surface area contributed by atoms with Crippen molar-refractivity contribution in [3.63, 3.8) is 0 Å². The average Bonchev–Trinajstić information content (AvgIpc) is 3.11. The SMILES string of the molecule is COCCNCCNC(=O)c1csc(-c2ccc(Br)s2)n1. The number of ether oxygens (including phenoxy) is 1. The lowest BCUT2D eigenvalue weighted by molar-refractivity contribution is 0.0949. The molecule has 0 saturated carbocycles. The second kappa shape index (κ2) is 8.60. The normalized spacial score (nSPS) is 10.8. The lowest BCUT2D eigenvalue weighted by Gasteiger charge is -2.04. The Morgan fingerprint density at radius 3 is 2.95 bits per heavy atom. The molecule has 0 spiro atoms. The van der Waals surface area contributed by atoms with Gasteiger partial charge in [0.05, 0.1) is 15.3 Å². The van der Waals surface area contributed by atoms with E-state index < -0.39 is 0 Å². The number of thiophene rings is 1. The number of thiazole rings is 1. The summed E-state index contributed by atoms with van der Waals surface area (Å²) in [5.41, 5.74) is 0.469. The number of hydrogen-bond acceptors (Lipinski definition) is 6. The van der Waals surface area contributed by atoms with Crippen molar-refractivity contribution in [2.75, 3.05) is 33.4 Å². The molecule has 0 aromatic carbocycles. The quantitative estimate of drug-likeness (QED) is 0.681. The van der Waals surface area contributed by atoms with Crippen molar-refractivity contribution in [3.05, 3.63) is 27.0 Å². The van der Waals surface area contributed by atoms with Gasteiger partial charge in [0.1, 0.15) is 10.7 Å². The van der Waals surface area contributed by atoms with Crippen LogP contribution in [0.25, 0.3) is 9.88 Å². The molecule has 2 rings (SSSR count). The predicted octanol–water partition coefficient (Wildman–Crippen LogP) is 2.60. The average molecular weight is 390 g/mol. The Balaban J connectivity index is 1.79. The zero-order chi connectivity index (χ0) is 15.1. The van der Waals surface area contributed by atoms with E-state index in [1.54, 1.807) is 23.8 Å². The molecule has 0 atom stereocenters. The number of halogens is 1. The first kappa shape index (κ1) is 16.6. The van der Waals surface area contributed by atoms with E-state index in [0.29, 0.717) is 25.4 Å². The number of carbonyl (C=O) groups excluding carboxylic acids is 1. The molecule has 0 radical (unpaired) electrons.